The quantitative estimate of drug-likeness (QED) is 0.781. The molecule has 0 fully saturated rings. The summed E-state index contributed by atoms with van der Waals surface area (Å²) < 4.78 is 1.98. The molecule has 21 heavy (non-hydrogen) atoms. The zero-order chi connectivity index (χ0) is 13.5. The van der Waals surface area contributed by atoms with E-state index in [1.165, 1.54) is 36.2 Å². The van der Waals surface area contributed by atoms with E-state index in [0.29, 0.717) is 0 Å². The van der Waals surface area contributed by atoms with Crippen LogP contribution in [0.25, 0.3) is 11.3 Å². The minimum absolute atomic E-state index is 0. The number of aromatic nitrogens is 2. The molecule has 0 bridgehead atoms. The first-order chi connectivity index (χ1) is 9.31. The molecule has 5 heteroatoms. The Bertz CT molecular complexity index is 497. The molecule has 0 aliphatic carbocycles. The highest BCUT2D eigenvalue weighted by Gasteiger charge is 2.06. The number of hydrogen-bond donors (Lipinski definition) is 1. The maximum atomic E-state index is 4.61. The molecule has 1 aromatic carbocycles. The first-order valence-electron chi connectivity index (χ1n) is 7.04. The van der Waals surface area contributed by atoms with Gasteiger partial charge in [0.2, 0.25) is 0 Å². The highest BCUT2D eigenvalue weighted by Crippen LogP contribution is 2.20. The summed E-state index contributed by atoms with van der Waals surface area (Å²) in [6.45, 7) is 1.11. The Labute approximate surface area is 140 Å². The van der Waals surface area contributed by atoms with Crippen molar-refractivity contribution in [3.8, 4) is 11.3 Å². The van der Waals surface area contributed by atoms with Crippen molar-refractivity contribution in [1.82, 2.24) is 15.1 Å². The third kappa shape index (κ3) is 6.08. The summed E-state index contributed by atoms with van der Waals surface area (Å²) in [5.41, 5.74) is 3.63. The normalized spacial score (nSPS) is 9.81. The van der Waals surface area contributed by atoms with Crippen LogP contribution in [0.5, 0.6) is 0 Å². The number of rotatable bonds is 7. The average molecular weight is 330 g/mol. The van der Waals surface area contributed by atoms with E-state index in [2.05, 4.69) is 40.7 Å². The summed E-state index contributed by atoms with van der Waals surface area (Å²) in [6.07, 6.45) is 4.80. The van der Waals surface area contributed by atoms with Gasteiger partial charge in [-0.25, -0.2) is 0 Å². The molecule has 0 radical (unpaired) electrons. The zero-order valence-corrected chi connectivity index (χ0v) is 14.3. The smallest absolute Gasteiger partial charge is 0.0681 e. The predicted octanol–water partition coefficient (Wildman–Crippen LogP) is 3.86. The maximum absolute atomic E-state index is 4.61. The fraction of sp³-hybridized carbons (Fsp3) is 0.438. The Morgan fingerprint density at radius 1 is 1.05 bits per heavy atom. The van der Waals surface area contributed by atoms with Crippen LogP contribution in [0.15, 0.2) is 36.4 Å². The van der Waals surface area contributed by atoms with Crippen LogP contribution in [-0.4, -0.2) is 23.4 Å². The van der Waals surface area contributed by atoms with Gasteiger partial charge in [0.15, 0.2) is 0 Å². The lowest BCUT2D eigenvalue weighted by molar-refractivity contribution is 0.632. The van der Waals surface area contributed by atoms with Crippen molar-refractivity contribution >= 4 is 24.8 Å². The van der Waals surface area contributed by atoms with Crippen molar-refractivity contribution in [3.05, 3.63) is 42.1 Å². The van der Waals surface area contributed by atoms with Gasteiger partial charge in [-0.2, -0.15) is 5.10 Å². The Hall–Kier alpha value is -1.03. The number of aryl methyl sites for hydroxylation is 2. The van der Waals surface area contributed by atoms with Gasteiger partial charge in [-0.3, -0.25) is 4.68 Å². The molecule has 1 heterocycles. The van der Waals surface area contributed by atoms with Gasteiger partial charge >= 0.3 is 0 Å². The highest BCUT2D eigenvalue weighted by molar-refractivity contribution is 5.85. The van der Waals surface area contributed by atoms with Crippen molar-refractivity contribution in [2.45, 2.75) is 25.7 Å². The molecule has 0 spiro atoms. The van der Waals surface area contributed by atoms with Crippen LogP contribution < -0.4 is 5.32 Å². The molecule has 0 atom stereocenters. The van der Waals surface area contributed by atoms with Crippen LogP contribution in [0.1, 0.15) is 25.0 Å². The Balaban J connectivity index is 0.00000200. The standard InChI is InChI=1S/C16H23N3.2ClH/c1-17-12-8-4-7-11-15-13-16(19(2)18-15)14-9-5-3-6-10-14;;/h3,5-6,9-10,13,17H,4,7-8,11-12H2,1-2H3;2*1H. The van der Waals surface area contributed by atoms with Crippen LogP contribution >= 0.6 is 24.8 Å². The Kier molecular flexibility index (Phi) is 10.1. The number of hydrogen-bond acceptors (Lipinski definition) is 2. The molecule has 1 aromatic heterocycles. The van der Waals surface area contributed by atoms with E-state index in [4.69, 9.17) is 0 Å². The van der Waals surface area contributed by atoms with E-state index in [9.17, 15) is 0 Å². The number of halogens is 2. The van der Waals surface area contributed by atoms with E-state index in [1.807, 2.05) is 24.8 Å². The Morgan fingerprint density at radius 2 is 1.76 bits per heavy atom. The predicted molar refractivity (Wildman–Crippen MR) is 94.6 cm³/mol. The molecule has 0 unspecified atom stereocenters. The van der Waals surface area contributed by atoms with Crippen LogP contribution in [0.4, 0.5) is 0 Å². The number of unbranched alkanes of at least 4 members (excludes halogenated alkanes) is 2. The summed E-state index contributed by atoms with van der Waals surface area (Å²) in [4.78, 5) is 0. The van der Waals surface area contributed by atoms with Gasteiger partial charge in [-0.15, -0.1) is 24.8 Å². The maximum Gasteiger partial charge on any atom is 0.0681 e. The van der Waals surface area contributed by atoms with Crippen LogP contribution in [-0.2, 0) is 13.5 Å². The summed E-state index contributed by atoms with van der Waals surface area (Å²) in [7, 11) is 4.03. The molecule has 2 rings (SSSR count). The minimum atomic E-state index is 0. The molecule has 0 aliphatic rings. The highest BCUT2D eigenvalue weighted by atomic mass is 35.5. The van der Waals surface area contributed by atoms with Gasteiger partial charge in [0, 0.05) is 7.05 Å². The molecule has 0 amide bonds. The summed E-state index contributed by atoms with van der Waals surface area (Å²) in [5.74, 6) is 0. The lowest BCUT2D eigenvalue weighted by Crippen LogP contribution is -2.07. The van der Waals surface area contributed by atoms with E-state index in [0.717, 1.165) is 13.0 Å². The fourth-order valence-electron chi connectivity index (χ4n) is 2.31. The van der Waals surface area contributed by atoms with Crippen molar-refractivity contribution in [3.63, 3.8) is 0 Å². The molecule has 0 saturated carbocycles. The molecule has 2 aromatic rings. The molecule has 0 aliphatic heterocycles. The lowest BCUT2D eigenvalue weighted by atomic mass is 10.1. The van der Waals surface area contributed by atoms with E-state index < -0.39 is 0 Å². The third-order valence-electron chi connectivity index (χ3n) is 3.36. The van der Waals surface area contributed by atoms with Gasteiger partial charge < -0.3 is 5.32 Å². The minimum Gasteiger partial charge on any atom is -0.320 e. The second-order valence-corrected chi connectivity index (χ2v) is 4.92. The van der Waals surface area contributed by atoms with Crippen molar-refractivity contribution in [1.29, 1.82) is 0 Å². The summed E-state index contributed by atoms with van der Waals surface area (Å²) in [5, 5.41) is 7.79. The van der Waals surface area contributed by atoms with Crippen LogP contribution in [0, 0.1) is 0 Å². The molecular formula is C16H25Cl2N3. The second kappa shape index (κ2) is 10.7. The monoisotopic (exact) mass is 329 g/mol. The largest absolute Gasteiger partial charge is 0.320 e. The van der Waals surface area contributed by atoms with E-state index >= 15 is 0 Å². The van der Waals surface area contributed by atoms with Gasteiger partial charge in [0.05, 0.1) is 11.4 Å². The van der Waals surface area contributed by atoms with Crippen LogP contribution in [0.2, 0.25) is 0 Å². The van der Waals surface area contributed by atoms with Gasteiger partial charge in [-0.05, 0) is 44.5 Å². The van der Waals surface area contributed by atoms with Gasteiger partial charge in [0.1, 0.15) is 0 Å². The fourth-order valence-corrected chi connectivity index (χ4v) is 2.31. The first-order valence-corrected chi connectivity index (χ1v) is 7.04. The number of benzene rings is 1. The summed E-state index contributed by atoms with van der Waals surface area (Å²) >= 11 is 0. The van der Waals surface area contributed by atoms with Crippen molar-refractivity contribution < 1.29 is 0 Å². The topological polar surface area (TPSA) is 29.9 Å². The third-order valence-corrected chi connectivity index (χ3v) is 3.36. The summed E-state index contributed by atoms with van der Waals surface area (Å²) in [6, 6.07) is 12.7. The molecule has 1 N–H and O–H groups in total. The number of nitrogens with zero attached hydrogens (tertiary/aromatic N) is 2. The molecule has 118 valence electrons. The van der Waals surface area contributed by atoms with Gasteiger partial charge in [-0.1, -0.05) is 36.8 Å². The van der Waals surface area contributed by atoms with Gasteiger partial charge in [0.25, 0.3) is 0 Å². The average Bonchev–Trinajstić information content (AvgIpc) is 2.81. The Morgan fingerprint density at radius 3 is 2.43 bits per heavy atom. The van der Waals surface area contributed by atoms with E-state index in [-0.39, 0.29) is 24.8 Å². The molecule has 0 saturated heterocycles. The lowest BCUT2D eigenvalue weighted by Gasteiger charge is -1.99. The van der Waals surface area contributed by atoms with Crippen molar-refractivity contribution in [2.75, 3.05) is 13.6 Å². The molecule has 3 nitrogen and oxygen atoms in total. The molecular weight excluding hydrogens is 305 g/mol. The van der Waals surface area contributed by atoms with Crippen LogP contribution in [0.3, 0.4) is 0 Å². The number of nitrogens with one attached hydrogen (secondary N) is 1. The zero-order valence-electron chi connectivity index (χ0n) is 12.7. The second-order valence-electron chi connectivity index (χ2n) is 4.92. The SMILES string of the molecule is CNCCCCCc1cc(-c2ccccc2)n(C)n1.Cl.Cl. The first kappa shape index (κ1) is 20.0. The van der Waals surface area contributed by atoms with Crippen molar-refractivity contribution in [2.24, 2.45) is 7.05 Å². The van der Waals surface area contributed by atoms with E-state index in [1.54, 1.807) is 0 Å².